The smallest absolute Gasteiger partial charge is 0.0858 e. The molecule has 1 aromatic rings. The molecule has 1 aliphatic rings. The van der Waals surface area contributed by atoms with Gasteiger partial charge in [-0.15, -0.1) is 0 Å². The number of hydrogen-bond acceptors (Lipinski definition) is 2. The zero-order chi connectivity index (χ0) is 11.6. The maximum atomic E-state index is 10.5. The quantitative estimate of drug-likeness (QED) is 0.827. The van der Waals surface area contributed by atoms with Gasteiger partial charge in [0.1, 0.15) is 0 Å². The summed E-state index contributed by atoms with van der Waals surface area (Å²) in [4.78, 5) is 4.17. The standard InChI is InChI=1S/C14H21NO/c1-11-8-12(10-15-9-11)13(16)14(2)6-4-3-5-7-14/h8-10,13,16H,3-7H2,1-2H3. The lowest BCUT2D eigenvalue weighted by Gasteiger charge is -2.38. The summed E-state index contributed by atoms with van der Waals surface area (Å²) in [7, 11) is 0. The van der Waals surface area contributed by atoms with Gasteiger partial charge in [-0.2, -0.15) is 0 Å². The Bertz CT molecular complexity index is 356. The van der Waals surface area contributed by atoms with Gasteiger partial charge in [0.05, 0.1) is 6.10 Å². The van der Waals surface area contributed by atoms with E-state index in [-0.39, 0.29) is 11.5 Å². The van der Waals surface area contributed by atoms with Crippen LogP contribution in [-0.4, -0.2) is 10.1 Å². The Balaban J connectivity index is 2.20. The zero-order valence-electron chi connectivity index (χ0n) is 10.2. The van der Waals surface area contributed by atoms with Crippen molar-refractivity contribution in [1.29, 1.82) is 0 Å². The molecule has 2 heteroatoms. The average molecular weight is 219 g/mol. The highest BCUT2D eigenvalue weighted by Crippen LogP contribution is 2.45. The first-order chi connectivity index (χ1) is 7.62. The molecule has 1 aromatic heterocycles. The number of pyridine rings is 1. The topological polar surface area (TPSA) is 33.1 Å². The van der Waals surface area contributed by atoms with Crippen molar-refractivity contribution in [2.45, 2.75) is 52.1 Å². The van der Waals surface area contributed by atoms with Gasteiger partial charge in [0, 0.05) is 12.4 Å². The Morgan fingerprint density at radius 1 is 1.25 bits per heavy atom. The summed E-state index contributed by atoms with van der Waals surface area (Å²) in [5.41, 5.74) is 2.15. The maximum Gasteiger partial charge on any atom is 0.0858 e. The van der Waals surface area contributed by atoms with Crippen LogP contribution in [0, 0.1) is 12.3 Å². The van der Waals surface area contributed by atoms with E-state index in [1.165, 1.54) is 19.3 Å². The minimum atomic E-state index is -0.361. The second-order valence-corrected chi connectivity index (χ2v) is 5.41. The summed E-state index contributed by atoms with van der Waals surface area (Å²) in [6.45, 7) is 4.23. The summed E-state index contributed by atoms with van der Waals surface area (Å²) in [5.74, 6) is 0. The molecule has 0 aliphatic heterocycles. The summed E-state index contributed by atoms with van der Waals surface area (Å²) in [5, 5.41) is 10.5. The van der Waals surface area contributed by atoms with Crippen LogP contribution in [0.1, 0.15) is 56.3 Å². The SMILES string of the molecule is Cc1cncc(C(O)C2(C)CCCCC2)c1. The molecule has 2 rings (SSSR count). The third-order valence-corrected chi connectivity index (χ3v) is 3.87. The Hall–Kier alpha value is -0.890. The first-order valence-electron chi connectivity index (χ1n) is 6.21. The van der Waals surface area contributed by atoms with E-state index in [0.29, 0.717) is 0 Å². The van der Waals surface area contributed by atoms with Gasteiger partial charge in [-0.1, -0.05) is 32.3 Å². The number of aromatic nitrogens is 1. The first-order valence-corrected chi connectivity index (χ1v) is 6.21. The van der Waals surface area contributed by atoms with Crippen molar-refractivity contribution < 1.29 is 5.11 Å². The molecular weight excluding hydrogens is 198 g/mol. The summed E-state index contributed by atoms with van der Waals surface area (Å²) < 4.78 is 0. The number of aliphatic hydroxyl groups is 1. The number of hydrogen-bond donors (Lipinski definition) is 1. The zero-order valence-corrected chi connectivity index (χ0v) is 10.2. The fourth-order valence-corrected chi connectivity index (χ4v) is 2.76. The Morgan fingerprint density at radius 3 is 2.56 bits per heavy atom. The van der Waals surface area contributed by atoms with E-state index in [4.69, 9.17) is 0 Å². The second-order valence-electron chi connectivity index (χ2n) is 5.41. The highest BCUT2D eigenvalue weighted by atomic mass is 16.3. The predicted octanol–water partition coefficient (Wildman–Crippen LogP) is 3.39. The molecule has 0 saturated heterocycles. The van der Waals surface area contributed by atoms with Crippen molar-refractivity contribution in [2.24, 2.45) is 5.41 Å². The second kappa shape index (κ2) is 4.54. The van der Waals surface area contributed by atoms with Gasteiger partial charge >= 0.3 is 0 Å². The van der Waals surface area contributed by atoms with Crippen LogP contribution in [0.5, 0.6) is 0 Å². The fraction of sp³-hybridized carbons (Fsp3) is 0.643. The van der Waals surface area contributed by atoms with E-state index in [0.717, 1.165) is 24.0 Å². The minimum Gasteiger partial charge on any atom is -0.388 e. The van der Waals surface area contributed by atoms with Crippen LogP contribution in [0.25, 0.3) is 0 Å². The third-order valence-electron chi connectivity index (χ3n) is 3.87. The molecule has 0 aromatic carbocycles. The molecule has 16 heavy (non-hydrogen) atoms. The molecular formula is C14H21NO. The summed E-state index contributed by atoms with van der Waals surface area (Å²) in [6.07, 6.45) is 9.33. The van der Waals surface area contributed by atoms with E-state index in [1.807, 2.05) is 13.1 Å². The number of nitrogens with zero attached hydrogens (tertiary/aromatic N) is 1. The van der Waals surface area contributed by atoms with E-state index >= 15 is 0 Å². The molecule has 1 unspecified atom stereocenters. The minimum absolute atomic E-state index is 0.0493. The van der Waals surface area contributed by atoms with Crippen LogP contribution >= 0.6 is 0 Å². The molecule has 1 aliphatic carbocycles. The molecule has 1 fully saturated rings. The molecule has 2 nitrogen and oxygen atoms in total. The number of aliphatic hydroxyl groups excluding tert-OH is 1. The van der Waals surface area contributed by atoms with E-state index < -0.39 is 0 Å². The molecule has 1 atom stereocenters. The molecule has 0 bridgehead atoms. The van der Waals surface area contributed by atoms with Crippen molar-refractivity contribution in [1.82, 2.24) is 4.98 Å². The van der Waals surface area contributed by atoms with E-state index in [9.17, 15) is 5.11 Å². The van der Waals surface area contributed by atoms with Crippen LogP contribution in [0.3, 0.4) is 0 Å². The van der Waals surface area contributed by atoms with Gasteiger partial charge in [-0.3, -0.25) is 4.98 Å². The summed E-state index contributed by atoms with van der Waals surface area (Å²) >= 11 is 0. The van der Waals surface area contributed by atoms with Crippen LogP contribution in [0.4, 0.5) is 0 Å². The Morgan fingerprint density at radius 2 is 1.94 bits per heavy atom. The van der Waals surface area contributed by atoms with Gasteiger partial charge in [0.2, 0.25) is 0 Å². The molecule has 88 valence electrons. The summed E-state index contributed by atoms with van der Waals surface area (Å²) in [6, 6.07) is 2.05. The lowest BCUT2D eigenvalue weighted by atomic mass is 9.70. The van der Waals surface area contributed by atoms with Crippen LogP contribution in [0.15, 0.2) is 18.5 Å². The van der Waals surface area contributed by atoms with Gasteiger partial charge in [0.15, 0.2) is 0 Å². The normalized spacial score (nSPS) is 21.7. The highest BCUT2D eigenvalue weighted by molar-refractivity contribution is 5.20. The van der Waals surface area contributed by atoms with Crippen molar-refractivity contribution >= 4 is 0 Å². The molecule has 0 spiro atoms. The molecule has 1 heterocycles. The highest BCUT2D eigenvalue weighted by Gasteiger charge is 2.35. The monoisotopic (exact) mass is 219 g/mol. The van der Waals surface area contributed by atoms with Crippen molar-refractivity contribution in [3.05, 3.63) is 29.6 Å². The van der Waals surface area contributed by atoms with E-state index in [1.54, 1.807) is 6.20 Å². The molecule has 0 amide bonds. The van der Waals surface area contributed by atoms with Gasteiger partial charge in [-0.05, 0) is 36.3 Å². The first kappa shape index (κ1) is 11.6. The molecule has 0 radical (unpaired) electrons. The lowest BCUT2D eigenvalue weighted by molar-refractivity contribution is 0.00793. The van der Waals surface area contributed by atoms with Crippen molar-refractivity contribution in [3.63, 3.8) is 0 Å². The Labute approximate surface area is 97.7 Å². The van der Waals surface area contributed by atoms with Crippen LogP contribution in [0.2, 0.25) is 0 Å². The fourth-order valence-electron chi connectivity index (χ4n) is 2.76. The maximum absolute atomic E-state index is 10.5. The van der Waals surface area contributed by atoms with Crippen LogP contribution < -0.4 is 0 Å². The average Bonchev–Trinajstić information content (AvgIpc) is 2.29. The number of aryl methyl sites for hydroxylation is 1. The van der Waals surface area contributed by atoms with Gasteiger partial charge in [0.25, 0.3) is 0 Å². The van der Waals surface area contributed by atoms with Gasteiger partial charge < -0.3 is 5.11 Å². The van der Waals surface area contributed by atoms with Gasteiger partial charge in [-0.25, -0.2) is 0 Å². The number of rotatable bonds is 2. The lowest BCUT2D eigenvalue weighted by Crippen LogP contribution is -2.28. The third kappa shape index (κ3) is 2.27. The Kier molecular flexibility index (Phi) is 3.29. The van der Waals surface area contributed by atoms with Crippen molar-refractivity contribution in [2.75, 3.05) is 0 Å². The van der Waals surface area contributed by atoms with Crippen LogP contribution in [-0.2, 0) is 0 Å². The van der Waals surface area contributed by atoms with E-state index in [2.05, 4.69) is 18.0 Å². The largest absolute Gasteiger partial charge is 0.388 e. The predicted molar refractivity (Wildman–Crippen MR) is 65.1 cm³/mol. The molecule has 1 saturated carbocycles. The van der Waals surface area contributed by atoms with Crippen molar-refractivity contribution in [3.8, 4) is 0 Å². The molecule has 1 N–H and O–H groups in total.